The van der Waals surface area contributed by atoms with E-state index < -0.39 is 29.7 Å². The average molecular weight is 465 g/mol. The van der Waals surface area contributed by atoms with Crippen LogP contribution in [0.15, 0.2) is 48.0 Å². The Morgan fingerprint density at radius 3 is 1.85 bits per heavy atom. The first-order valence-corrected chi connectivity index (χ1v) is 11.7. The van der Waals surface area contributed by atoms with Crippen LogP contribution >= 0.6 is 0 Å². The van der Waals surface area contributed by atoms with E-state index in [9.17, 15) is 14.4 Å². The summed E-state index contributed by atoms with van der Waals surface area (Å²) in [5.41, 5.74) is 6.61. The van der Waals surface area contributed by atoms with E-state index in [0.29, 0.717) is 12.0 Å². The van der Waals surface area contributed by atoms with Crippen molar-refractivity contribution in [3.63, 3.8) is 0 Å². The van der Waals surface area contributed by atoms with Gasteiger partial charge in [-0.1, -0.05) is 53.6 Å². The zero-order valence-electron chi connectivity index (χ0n) is 20.5. The van der Waals surface area contributed by atoms with Crippen LogP contribution in [0.1, 0.15) is 48.6 Å². The van der Waals surface area contributed by atoms with Gasteiger partial charge in [-0.2, -0.15) is 0 Å². The van der Waals surface area contributed by atoms with Gasteiger partial charge >= 0.3 is 17.9 Å². The molecule has 0 amide bonds. The molecule has 0 bridgehead atoms. The zero-order valence-corrected chi connectivity index (χ0v) is 20.5. The average Bonchev–Trinajstić information content (AvgIpc) is 3.16. The molecule has 2 aromatic rings. The SMILES string of the molecule is CCOC(=O)C(C(=O)OCC)C(C(=O)OCC)C1=C(c2ccc(C)cc2)c2ccc(C)cc2C1. The molecule has 0 saturated carbocycles. The Bertz CT molecular complexity index is 1080. The zero-order chi connectivity index (χ0) is 24.8. The van der Waals surface area contributed by atoms with Crippen molar-refractivity contribution in [2.75, 3.05) is 19.8 Å². The summed E-state index contributed by atoms with van der Waals surface area (Å²) in [4.78, 5) is 39.4. The van der Waals surface area contributed by atoms with Gasteiger partial charge in [0.25, 0.3) is 0 Å². The normalized spacial score (nSPS) is 13.5. The molecule has 6 nitrogen and oxygen atoms in total. The number of benzene rings is 2. The van der Waals surface area contributed by atoms with Crippen LogP contribution in [-0.2, 0) is 35.0 Å². The maximum Gasteiger partial charge on any atom is 0.321 e. The summed E-state index contributed by atoms with van der Waals surface area (Å²) < 4.78 is 15.8. The quantitative estimate of drug-likeness (QED) is 0.307. The second-order valence-corrected chi connectivity index (χ2v) is 8.32. The maximum atomic E-state index is 13.4. The highest BCUT2D eigenvalue weighted by molar-refractivity contribution is 6.02. The largest absolute Gasteiger partial charge is 0.465 e. The van der Waals surface area contributed by atoms with E-state index >= 15 is 0 Å². The molecule has 0 heterocycles. The van der Waals surface area contributed by atoms with E-state index in [1.165, 1.54) is 0 Å². The predicted molar refractivity (Wildman–Crippen MR) is 129 cm³/mol. The van der Waals surface area contributed by atoms with Crippen LogP contribution in [0.5, 0.6) is 0 Å². The molecule has 1 aliphatic rings. The number of aryl methyl sites for hydroxylation is 2. The molecule has 0 radical (unpaired) electrons. The topological polar surface area (TPSA) is 78.9 Å². The Labute approximate surface area is 200 Å². The fraction of sp³-hybridized carbons (Fsp3) is 0.393. The minimum absolute atomic E-state index is 0.0770. The first-order chi connectivity index (χ1) is 16.3. The van der Waals surface area contributed by atoms with Gasteiger partial charge in [-0.25, -0.2) is 0 Å². The molecule has 3 rings (SSSR count). The summed E-state index contributed by atoms with van der Waals surface area (Å²) in [5.74, 6) is -4.84. The van der Waals surface area contributed by atoms with E-state index in [2.05, 4.69) is 6.07 Å². The number of fused-ring (bicyclic) bond motifs is 1. The fourth-order valence-electron chi connectivity index (χ4n) is 4.45. The second-order valence-electron chi connectivity index (χ2n) is 8.32. The van der Waals surface area contributed by atoms with Gasteiger partial charge in [-0.15, -0.1) is 0 Å². The third kappa shape index (κ3) is 5.22. The Morgan fingerprint density at radius 1 is 0.765 bits per heavy atom. The minimum atomic E-state index is -1.45. The molecule has 0 spiro atoms. The molecule has 180 valence electrons. The van der Waals surface area contributed by atoms with Crippen molar-refractivity contribution in [3.05, 3.63) is 75.9 Å². The summed E-state index contributed by atoms with van der Waals surface area (Å²) >= 11 is 0. The van der Waals surface area contributed by atoms with Crippen molar-refractivity contribution in [1.29, 1.82) is 0 Å². The van der Waals surface area contributed by atoms with Gasteiger partial charge in [0, 0.05) is 0 Å². The number of rotatable bonds is 9. The second kappa shape index (κ2) is 11.1. The first kappa shape index (κ1) is 25.2. The Hall–Kier alpha value is -3.41. The van der Waals surface area contributed by atoms with Gasteiger partial charge in [0.2, 0.25) is 0 Å². The maximum absolute atomic E-state index is 13.4. The first-order valence-electron chi connectivity index (χ1n) is 11.7. The number of carbonyl (C=O) groups is 3. The third-order valence-corrected chi connectivity index (χ3v) is 5.90. The van der Waals surface area contributed by atoms with Crippen LogP contribution in [0.25, 0.3) is 5.57 Å². The number of hydrogen-bond donors (Lipinski definition) is 0. The molecule has 34 heavy (non-hydrogen) atoms. The lowest BCUT2D eigenvalue weighted by molar-refractivity contribution is -0.170. The standard InChI is InChI=1S/C28H32O6/c1-6-32-26(29)24(25(27(30)33-7-2)28(31)34-8-3)22-16-20-15-18(5)11-14-21(20)23(22)19-12-9-17(4)10-13-19/h9-15,24-25H,6-8,16H2,1-5H3. The summed E-state index contributed by atoms with van der Waals surface area (Å²) in [6.45, 7) is 9.29. The third-order valence-electron chi connectivity index (χ3n) is 5.90. The van der Waals surface area contributed by atoms with Crippen LogP contribution in [0.2, 0.25) is 0 Å². The fourth-order valence-corrected chi connectivity index (χ4v) is 4.45. The van der Waals surface area contributed by atoms with Gasteiger partial charge < -0.3 is 14.2 Å². The summed E-state index contributed by atoms with van der Waals surface area (Å²) in [6, 6.07) is 14.1. The van der Waals surface area contributed by atoms with E-state index in [1.54, 1.807) is 20.8 Å². The lowest BCUT2D eigenvalue weighted by Gasteiger charge is -2.25. The molecule has 2 aromatic carbocycles. The van der Waals surface area contributed by atoms with Crippen molar-refractivity contribution in [2.24, 2.45) is 11.8 Å². The van der Waals surface area contributed by atoms with Crippen LogP contribution in [0, 0.1) is 25.7 Å². The minimum Gasteiger partial charge on any atom is -0.465 e. The van der Waals surface area contributed by atoms with Crippen molar-refractivity contribution in [3.8, 4) is 0 Å². The van der Waals surface area contributed by atoms with E-state index in [1.807, 2.05) is 50.2 Å². The molecular weight excluding hydrogens is 432 g/mol. The van der Waals surface area contributed by atoms with Gasteiger partial charge in [-0.3, -0.25) is 14.4 Å². The van der Waals surface area contributed by atoms with Crippen LogP contribution in [-0.4, -0.2) is 37.7 Å². The van der Waals surface area contributed by atoms with E-state index in [-0.39, 0.29) is 19.8 Å². The number of esters is 3. The van der Waals surface area contributed by atoms with Crippen molar-refractivity contribution < 1.29 is 28.6 Å². The smallest absolute Gasteiger partial charge is 0.321 e. The highest BCUT2D eigenvalue weighted by Gasteiger charge is 2.47. The Balaban J connectivity index is 2.27. The summed E-state index contributed by atoms with van der Waals surface area (Å²) in [5, 5.41) is 0. The number of ether oxygens (including phenoxy) is 3. The van der Waals surface area contributed by atoms with Gasteiger partial charge in [0.15, 0.2) is 5.92 Å². The highest BCUT2D eigenvalue weighted by atomic mass is 16.6. The molecular formula is C28H32O6. The molecule has 0 fully saturated rings. The monoisotopic (exact) mass is 464 g/mol. The lowest BCUT2D eigenvalue weighted by atomic mass is 9.81. The Morgan fingerprint density at radius 2 is 1.29 bits per heavy atom. The van der Waals surface area contributed by atoms with E-state index in [0.717, 1.165) is 33.4 Å². The van der Waals surface area contributed by atoms with Crippen LogP contribution in [0.4, 0.5) is 0 Å². The number of hydrogen-bond acceptors (Lipinski definition) is 6. The number of carbonyl (C=O) groups excluding carboxylic acids is 3. The molecule has 1 unspecified atom stereocenters. The predicted octanol–water partition coefficient (Wildman–Crippen LogP) is 4.58. The van der Waals surface area contributed by atoms with Gasteiger partial charge in [-0.05, 0) is 68.9 Å². The van der Waals surface area contributed by atoms with Crippen molar-refractivity contribution in [2.45, 2.75) is 41.0 Å². The molecule has 0 aliphatic heterocycles. The summed E-state index contributed by atoms with van der Waals surface area (Å²) in [7, 11) is 0. The molecule has 6 heteroatoms. The molecule has 0 saturated heterocycles. The van der Waals surface area contributed by atoms with Crippen LogP contribution in [0.3, 0.4) is 0 Å². The highest BCUT2D eigenvalue weighted by Crippen LogP contribution is 2.44. The lowest BCUT2D eigenvalue weighted by Crippen LogP contribution is -2.40. The van der Waals surface area contributed by atoms with Crippen molar-refractivity contribution in [1.82, 2.24) is 0 Å². The Kier molecular flexibility index (Phi) is 8.26. The molecule has 0 aromatic heterocycles. The molecule has 0 N–H and O–H groups in total. The van der Waals surface area contributed by atoms with E-state index in [4.69, 9.17) is 14.2 Å². The van der Waals surface area contributed by atoms with Crippen molar-refractivity contribution >= 4 is 23.5 Å². The van der Waals surface area contributed by atoms with Crippen LogP contribution < -0.4 is 0 Å². The summed E-state index contributed by atoms with van der Waals surface area (Å²) in [6.07, 6.45) is 0.416. The molecule has 1 aliphatic carbocycles. The molecule has 1 atom stereocenters. The van der Waals surface area contributed by atoms with Gasteiger partial charge in [0.05, 0.1) is 19.8 Å². The van der Waals surface area contributed by atoms with Gasteiger partial charge in [0.1, 0.15) is 5.92 Å².